The van der Waals surface area contributed by atoms with E-state index in [1.165, 1.54) is 6.26 Å². The first-order valence-electron chi connectivity index (χ1n) is 16.7. The molecule has 0 bridgehead atoms. The Hall–Kier alpha value is -5.10. The smallest absolute Gasteiger partial charge is 0.403 e. The quantitative estimate of drug-likeness (QED) is 0.0569. The molecule has 0 aliphatic heterocycles. The van der Waals surface area contributed by atoms with Crippen molar-refractivity contribution in [2.45, 2.75) is 33.3 Å². The van der Waals surface area contributed by atoms with Gasteiger partial charge in [0.05, 0.1) is 18.5 Å². The highest BCUT2D eigenvalue weighted by Gasteiger charge is 2.37. The van der Waals surface area contributed by atoms with Crippen molar-refractivity contribution in [2.75, 3.05) is 6.61 Å². The van der Waals surface area contributed by atoms with Crippen LogP contribution in [0.3, 0.4) is 0 Å². The van der Waals surface area contributed by atoms with E-state index in [0.29, 0.717) is 22.8 Å². The van der Waals surface area contributed by atoms with Gasteiger partial charge in [-0.25, -0.2) is 9.13 Å². The summed E-state index contributed by atoms with van der Waals surface area (Å²) in [5, 5.41) is 0. The van der Waals surface area contributed by atoms with Crippen LogP contribution in [0, 0.1) is 5.41 Å². The van der Waals surface area contributed by atoms with E-state index in [2.05, 4.69) is 26.3 Å². The second-order valence-corrected chi connectivity index (χ2v) is 15.3. The van der Waals surface area contributed by atoms with Crippen LogP contribution in [0.15, 0.2) is 201 Å². The van der Waals surface area contributed by atoms with Crippen LogP contribution in [-0.2, 0) is 22.7 Å². The summed E-state index contributed by atoms with van der Waals surface area (Å²) in [6, 6.07) is 26.0. The van der Waals surface area contributed by atoms with Crippen molar-refractivity contribution in [2.24, 2.45) is 5.41 Å². The van der Waals surface area contributed by atoms with E-state index in [1.54, 1.807) is 141 Å². The monoisotopic (exact) mass is 754 g/mol. The standard InChI is InChI=1S/C43H48O8P2/c1-9-24-36(10-2)35-47-52(44,48-39-27-16-13-17-28-39)46-34-23-26-38(12-4)43(7,8)37(11-3)25-22-33-42(5,6)51-53(45,49-40-29-18-14-19-30-40)50-41-31-20-15-21-32-41/h9-34H,1-4,35H2,5-8H3/b33-22+,34-23+,36-24+,37-25+,38-26+. The molecule has 10 heteroatoms. The highest BCUT2D eigenvalue weighted by molar-refractivity contribution is 7.49. The van der Waals surface area contributed by atoms with Gasteiger partial charge >= 0.3 is 15.6 Å². The second-order valence-electron chi connectivity index (χ2n) is 12.3. The van der Waals surface area contributed by atoms with Gasteiger partial charge in [-0.15, -0.1) is 0 Å². The summed E-state index contributed by atoms with van der Waals surface area (Å²) in [4.78, 5) is 0. The van der Waals surface area contributed by atoms with Crippen LogP contribution in [0.2, 0.25) is 0 Å². The molecule has 3 aromatic rings. The fourth-order valence-corrected chi connectivity index (χ4v) is 7.20. The van der Waals surface area contributed by atoms with Crippen molar-refractivity contribution >= 4 is 15.6 Å². The number of hydrogen-bond acceptors (Lipinski definition) is 8. The van der Waals surface area contributed by atoms with Crippen molar-refractivity contribution in [3.63, 3.8) is 0 Å². The Morgan fingerprint density at radius 2 is 1.08 bits per heavy atom. The van der Waals surface area contributed by atoms with Gasteiger partial charge in [0.1, 0.15) is 17.2 Å². The lowest BCUT2D eigenvalue weighted by Crippen LogP contribution is -2.23. The average Bonchev–Trinajstić information content (AvgIpc) is 3.12. The third-order valence-corrected chi connectivity index (χ3v) is 10.2. The Bertz CT molecular complexity index is 1880. The Morgan fingerprint density at radius 1 is 0.623 bits per heavy atom. The first-order chi connectivity index (χ1) is 25.3. The molecule has 53 heavy (non-hydrogen) atoms. The highest BCUT2D eigenvalue weighted by Crippen LogP contribution is 2.53. The molecule has 0 N–H and O–H groups in total. The number of benzene rings is 3. The average molecular weight is 755 g/mol. The van der Waals surface area contributed by atoms with Crippen molar-refractivity contribution in [3.8, 4) is 17.2 Å². The molecular weight excluding hydrogens is 706 g/mol. The second kappa shape index (κ2) is 20.2. The van der Waals surface area contributed by atoms with Crippen molar-refractivity contribution in [1.29, 1.82) is 0 Å². The lowest BCUT2D eigenvalue weighted by molar-refractivity contribution is 0.111. The lowest BCUT2D eigenvalue weighted by atomic mass is 9.76. The SMILES string of the molecule is C=C/C=C(\C=C)COP(=O)(O/C=C/C=C(\C=C)C(C)(C)/C(C=C)=C/C=C/C(C)(C)OP(=O)(Oc1ccccc1)Oc1ccccc1)Oc1ccccc1. The summed E-state index contributed by atoms with van der Waals surface area (Å²) in [5.41, 5.74) is 0.589. The predicted octanol–water partition coefficient (Wildman–Crippen LogP) is 12.9. The molecule has 8 nitrogen and oxygen atoms in total. The van der Waals surface area contributed by atoms with Crippen LogP contribution in [0.5, 0.6) is 17.2 Å². The van der Waals surface area contributed by atoms with Crippen molar-refractivity contribution < 1.29 is 36.3 Å². The summed E-state index contributed by atoms with van der Waals surface area (Å²) in [6.45, 7) is 22.9. The molecule has 0 aliphatic rings. The number of para-hydroxylation sites is 3. The molecule has 0 radical (unpaired) electrons. The molecule has 0 aliphatic carbocycles. The van der Waals surface area contributed by atoms with E-state index in [9.17, 15) is 9.13 Å². The molecule has 0 fully saturated rings. The van der Waals surface area contributed by atoms with Crippen LogP contribution in [0.4, 0.5) is 0 Å². The Kier molecular flexibility index (Phi) is 16.1. The highest BCUT2D eigenvalue weighted by atomic mass is 31.2. The zero-order valence-corrected chi connectivity index (χ0v) is 32.5. The summed E-state index contributed by atoms with van der Waals surface area (Å²) < 4.78 is 62.1. The molecule has 3 rings (SSSR count). The van der Waals surface area contributed by atoms with Crippen molar-refractivity contribution in [3.05, 3.63) is 201 Å². The first kappa shape index (κ1) is 42.3. The van der Waals surface area contributed by atoms with Crippen LogP contribution in [0.1, 0.15) is 27.7 Å². The van der Waals surface area contributed by atoms with Crippen LogP contribution < -0.4 is 13.6 Å². The third-order valence-electron chi connectivity index (χ3n) is 7.41. The van der Waals surface area contributed by atoms with Gasteiger partial charge in [0, 0.05) is 5.41 Å². The largest absolute Gasteiger partial charge is 0.588 e. The van der Waals surface area contributed by atoms with Crippen molar-refractivity contribution in [1.82, 2.24) is 0 Å². The normalized spacial score (nSPS) is 14.3. The van der Waals surface area contributed by atoms with E-state index in [0.717, 1.165) is 11.1 Å². The molecule has 0 saturated carbocycles. The maximum absolute atomic E-state index is 14.0. The van der Waals surface area contributed by atoms with Gasteiger partial charge in [0.15, 0.2) is 0 Å². The van der Waals surface area contributed by atoms with Gasteiger partial charge in [-0.3, -0.25) is 9.05 Å². The molecule has 0 saturated heterocycles. The van der Waals surface area contributed by atoms with Gasteiger partial charge in [-0.05, 0) is 73.0 Å². The number of allylic oxidation sites excluding steroid dienone is 10. The number of phosphoric ester groups is 2. The maximum atomic E-state index is 14.0. The van der Waals surface area contributed by atoms with E-state index in [-0.39, 0.29) is 6.61 Å². The van der Waals surface area contributed by atoms with Crippen LogP contribution in [0.25, 0.3) is 0 Å². The Labute approximate surface area is 314 Å². The van der Waals surface area contributed by atoms with E-state index in [1.807, 2.05) is 38.1 Å². The molecule has 3 aromatic carbocycles. The van der Waals surface area contributed by atoms with E-state index >= 15 is 0 Å². The molecule has 278 valence electrons. The zero-order valence-electron chi connectivity index (χ0n) is 30.7. The van der Waals surface area contributed by atoms with Gasteiger partial charge < -0.3 is 18.1 Å². The summed E-state index contributed by atoms with van der Waals surface area (Å²) >= 11 is 0. The van der Waals surface area contributed by atoms with E-state index < -0.39 is 26.7 Å². The lowest BCUT2D eigenvalue weighted by Gasteiger charge is -2.28. The van der Waals surface area contributed by atoms with Gasteiger partial charge in [0.2, 0.25) is 0 Å². The van der Waals surface area contributed by atoms with Crippen LogP contribution >= 0.6 is 15.6 Å². The summed E-state index contributed by atoms with van der Waals surface area (Å²) in [5.74, 6) is 0.997. The van der Waals surface area contributed by atoms with Gasteiger partial charge in [0.25, 0.3) is 0 Å². The topological polar surface area (TPSA) is 89.5 Å². The minimum absolute atomic E-state index is 0.0746. The molecular formula is C43H48O8P2. The van der Waals surface area contributed by atoms with Gasteiger partial charge in [-0.1, -0.05) is 149 Å². The molecule has 0 spiro atoms. The minimum Gasteiger partial charge on any atom is -0.403 e. The minimum atomic E-state index is -4.15. The number of hydrogen-bond donors (Lipinski definition) is 0. The van der Waals surface area contributed by atoms with Gasteiger partial charge in [-0.2, -0.15) is 0 Å². The Balaban J connectivity index is 1.80. The third kappa shape index (κ3) is 14.1. The molecule has 1 atom stereocenters. The number of phosphoric acid groups is 2. The summed E-state index contributed by atoms with van der Waals surface area (Å²) in [7, 11) is -8.26. The molecule has 0 aromatic heterocycles. The van der Waals surface area contributed by atoms with Crippen LogP contribution in [-0.4, -0.2) is 12.2 Å². The maximum Gasteiger partial charge on any atom is 0.588 e. The molecule has 1 unspecified atom stereocenters. The first-order valence-corrected chi connectivity index (χ1v) is 19.6. The predicted molar refractivity (Wildman–Crippen MR) is 216 cm³/mol. The van der Waals surface area contributed by atoms with E-state index in [4.69, 9.17) is 27.1 Å². The zero-order chi connectivity index (χ0) is 38.8. The molecule has 0 amide bonds. The molecule has 0 heterocycles. The fourth-order valence-electron chi connectivity index (χ4n) is 4.63. The Morgan fingerprint density at radius 3 is 1.51 bits per heavy atom. The summed E-state index contributed by atoms with van der Waals surface area (Å²) in [6.07, 6.45) is 18.3. The number of rotatable bonds is 22. The fraction of sp³-hybridized carbons (Fsp3) is 0.163.